The number of fused-ring (bicyclic) bond motifs is 1. The second-order valence-electron chi connectivity index (χ2n) is 4.43. The Hall–Kier alpha value is -1.78. The molecule has 0 unspecified atom stereocenters. The summed E-state index contributed by atoms with van der Waals surface area (Å²) in [7, 11) is 1.83. The van der Waals surface area contributed by atoms with E-state index in [2.05, 4.69) is 20.3 Å². The third-order valence-corrected chi connectivity index (χ3v) is 3.75. The minimum Gasteiger partial charge on any atom is -0.373 e. The van der Waals surface area contributed by atoms with E-state index in [0.717, 1.165) is 22.7 Å². The second-order valence-corrected chi connectivity index (χ2v) is 5.24. The number of rotatable bonds is 3. The summed E-state index contributed by atoms with van der Waals surface area (Å²) in [6.07, 6.45) is 0.655. The predicted molar refractivity (Wildman–Crippen MR) is 82.7 cm³/mol. The van der Waals surface area contributed by atoms with Crippen molar-refractivity contribution in [2.75, 3.05) is 12.4 Å². The maximum atomic E-state index is 6.02. The number of hydrogen-bond acceptors (Lipinski definition) is 3. The van der Waals surface area contributed by atoms with Gasteiger partial charge in [0.2, 0.25) is 0 Å². The average molecular weight is 307 g/mol. The molecule has 0 aliphatic rings. The molecule has 4 nitrogen and oxygen atoms in total. The van der Waals surface area contributed by atoms with Crippen LogP contribution in [0.25, 0.3) is 11.2 Å². The molecule has 0 fully saturated rings. The molecular weight excluding hydrogens is 295 g/mol. The molecule has 1 aromatic carbocycles. The summed E-state index contributed by atoms with van der Waals surface area (Å²) in [5.41, 5.74) is 2.67. The summed E-state index contributed by atoms with van der Waals surface area (Å²) >= 11 is 11.9. The fourth-order valence-corrected chi connectivity index (χ4v) is 2.33. The highest BCUT2D eigenvalue weighted by molar-refractivity contribution is 6.42. The van der Waals surface area contributed by atoms with E-state index in [-0.39, 0.29) is 0 Å². The molecule has 0 bridgehead atoms. The predicted octanol–water partition coefficient (Wildman–Crippen LogP) is 3.90. The third-order valence-electron chi connectivity index (χ3n) is 3.01. The van der Waals surface area contributed by atoms with Gasteiger partial charge in [0, 0.05) is 13.5 Å². The maximum absolute atomic E-state index is 6.02. The molecule has 0 aliphatic carbocycles. The summed E-state index contributed by atoms with van der Waals surface area (Å²) in [4.78, 5) is 12.1. The highest BCUT2D eigenvalue weighted by Gasteiger charge is 2.07. The quantitative estimate of drug-likeness (QED) is 0.771. The first-order valence-corrected chi connectivity index (χ1v) is 6.88. The van der Waals surface area contributed by atoms with Crippen LogP contribution in [0, 0.1) is 0 Å². The van der Waals surface area contributed by atoms with Crippen molar-refractivity contribution >= 4 is 40.2 Å². The van der Waals surface area contributed by atoms with Gasteiger partial charge in [0.25, 0.3) is 0 Å². The first-order chi connectivity index (χ1) is 9.65. The largest absolute Gasteiger partial charge is 0.373 e. The molecule has 3 aromatic rings. The van der Waals surface area contributed by atoms with Gasteiger partial charge in [-0.15, -0.1) is 0 Å². The molecule has 0 amide bonds. The lowest BCUT2D eigenvalue weighted by Gasteiger charge is -2.00. The minimum absolute atomic E-state index is 0.552. The van der Waals surface area contributed by atoms with Crippen molar-refractivity contribution in [3.8, 4) is 0 Å². The van der Waals surface area contributed by atoms with Gasteiger partial charge in [-0.25, -0.2) is 9.97 Å². The molecule has 2 heterocycles. The van der Waals surface area contributed by atoms with Crippen LogP contribution >= 0.6 is 23.2 Å². The van der Waals surface area contributed by atoms with Crippen LogP contribution in [0.15, 0.2) is 30.3 Å². The minimum atomic E-state index is 0.552. The van der Waals surface area contributed by atoms with E-state index in [1.807, 2.05) is 31.3 Å². The van der Waals surface area contributed by atoms with E-state index in [4.69, 9.17) is 23.2 Å². The van der Waals surface area contributed by atoms with Crippen LogP contribution in [0.5, 0.6) is 0 Å². The van der Waals surface area contributed by atoms with Crippen molar-refractivity contribution in [3.63, 3.8) is 0 Å². The molecule has 0 radical (unpaired) electrons. The van der Waals surface area contributed by atoms with Crippen LogP contribution in [0.3, 0.4) is 0 Å². The van der Waals surface area contributed by atoms with Gasteiger partial charge in [0.1, 0.15) is 11.6 Å². The zero-order chi connectivity index (χ0) is 14.1. The van der Waals surface area contributed by atoms with Crippen molar-refractivity contribution in [1.82, 2.24) is 15.0 Å². The number of nitrogens with one attached hydrogen (secondary N) is 2. The van der Waals surface area contributed by atoms with Gasteiger partial charge in [0.15, 0.2) is 5.65 Å². The lowest BCUT2D eigenvalue weighted by atomic mass is 10.1. The summed E-state index contributed by atoms with van der Waals surface area (Å²) in [6, 6.07) is 9.44. The van der Waals surface area contributed by atoms with E-state index >= 15 is 0 Å². The Bertz CT molecular complexity index is 767. The zero-order valence-electron chi connectivity index (χ0n) is 10.7. The second kappa shape index (κ2) is 5.31. The maximum Gasteiger partial charge on any atom is 0.179 e. The molecule has 2 aromatic heterocycles. The van der Waals surface area contributed by atoms with Crippen LogP contribution in [-0.4, -0.2) is 22.0 Å². The first-order valence-electron chi connectivity index (χ1n) is 6.13. The number of halogens is 2. The molecule has 6 heteroatoms. The summed E-state index contributed by atoms with van der Waals surface area (Å²) in [6.45, 7) is 0. The standard InChI is InChI=1S/C14H12Cl2N4/c1-17-12-5-4-11-14(19-12)20-13(18-11)7-8-2-3-9(15)10(16)6-8/h2-6H,7H2,1H3,(H2,17,18,19,20). The van der Waals surface area contributed by atoms with Crippen LogP contribution in [-0.2, 0) is 6.42 Å². The van der Waals surface area contributed by atoms with E-state index in [0.29, 0.717) is 22.1 Å². The Labute approximate surface area is 126 Å². The van der Waals surface area contributed by atoms with Crippen LogP contribution in [0.2, 0.25) is 10.0 Å². The van der Waals surface area contributed by atoms with Crippen molar-refractivity contribution in [2.24, 2.45) is 0 Å². The number of aromatic nitrogens is 3. The number of anilines is 1. The summed E-state index contributed by atoms with van der Waals surface area (Å²) in [5, 5.41) is 4.10. The molecular formula is C14H12Cl2N4. The number of nitrogens with zero attached hydrogens (tertiary/aromatic N) is 2. The molecule has 0 aliphatic heterocycles. The number of aromatic amines is 1. The normalized spacial score (nSPS) is 10.9. The monoisotopic (exact) mass is 306 g/mol. The average Bonchev–Trinajstić information content (AvgIpc) is 2.84. The number of H-pyrrole nitrogens is 1. The number of imidazole rings is 1. The van der Waals surface area contributed by atoms with Gasteiger partial charge >= 0.3 is 0 Å². The third kappa shape index (κ3) is 2.57. The van der Waals surface area contributed by atoms with Gasteiger partial charge in [0.05, 0.1) is 15.6 Å². The fourth-order valence-electron chi connectivity index (χ4n) is 2.01. The van der Waals surface area contributed by atoms with E-state index in [1.165, 1.54) is 0 Å². The van der Waals surface area contributed by atoms with Crippen molar-refractivity contribution in [3.05, 3.63) is 51.8 Å². The summed E-state index contributed by atoms with van der Waals surface area (Å²) < 4.78 is 0. The van der Waals surface area contributed by atoms with Crippen molar-refractivity contribution in [2.45, 2.75) is 6.42 Å². The molecule has 3 rings (SSSR count). The fraction of sp³-hybridized carbons (Fsp3) is 0.143. The Morgan fingerprint density at radius 2 is 1.95 bits per heavy atom. The highest BCUT2D eigenvalue weighted by atomic mass is 35.5. The van der Waals surface area contributed by atoms with Crippen LogP contribution in [0.4, 0.5) is 5.82 Å². The lowest BCUT2D eigenvalue weighted by Crippen LogP contribution is -1.91. The van der Waals surface area contributed by atoms with Crippen molar-refractivity contribution in [1.29, 1.82) is 0 Å². The smallest absolute Gasteiger partial charge is 0.179 e. The Morgan fingerprint density at radius 3 is 2.70 bits per heavy atom. The van der Waals surface area contributed by atoms with E-state index in [1.54, 1.807) is 6.07 Å². The highest BCUT2D eigenvalue weighted by Crippen LogP contribution is 2.24. The van der Waals surface area contributed by atoms with Gasteiger partial charge in [-0.2, -0.15) is 0 Å². The van der Waals surface area contributed by atoms with Crippen LogP contribution in [0.1, 0.15) is 11.4 Å². The molecule has 0 saturated heterocycles. The Morgan fingerprint density at radius 1 is 1.10 bits per heavy atom. The van der Waals surface area contributed by atoms with Crippen molar-refractivity contribution < 1.29 is 0 Å². The van der Waals surface area contributed by atoms with Gasteiger partial charge < -0.3 is 10.3 Å². The first kappa shape index (κ1) is 13.2. The lowest BCUT2D eigenvalue weighted by molar-refractivity contribution is 1.03. The number of benzene rings is 1. The van der Waals surface area contributed by atoms with Gasteiger partial charge in [-0.3, -0.25) is 0 Å². The van der Waals surface area contributed by atoms with Gasteiger partial charge in [-0.1, -0.05) is 29.3 Å². The number of hydrogen-bond donors (Lipinski definition) is 2. The SMILES string of the molecule is CNc1ccc2[nH]c(Cc3ccc(Cl)c(Cl)c3)nc2n1. The molecule has 20 heavy (non-hydrogen) atoms. The topological polar surface area (TPSA) is 53.6 Å². The van der Waals surface area contributed by atoms with Crippen LogP contribution < -0.4 is 5.32 Å². The Balaban J connectivity index is 1.92. The van der Waals surface area contributed by atoms with E-state index < -0.39 is 0 Å². The van der Waals surface area contributed by atoms with Gasteiger partial charge in [-0.05, 0) is 29.8 Å². The van der Waals surface area contributed by atoms with E-state index in [9.17, 15) is 0 Å². The molecule has 0 atom stereocenters. The molecule has 0 saturated carbocycles. The summed E-state index contributed by atoms with van der Waals surface area (Å²) in [5.74, 6) is 1.64. The Kier molecular flexibility index (Phi) is 3.51. The molecule has 0 spiro atoms. The molecule has 2 N–H and O–H groups in total. The number of pyridine rings is 1. The molecule has 102 valence electrons. The zero-order valence-corrected chi connectivity index (χ0v) is 12.3.